The Labute approximate surface area is 131 Å². The Hall–Kier alpha value is -1.97. The Morgan fingerprint density at radius 3 is 2.59 bits per heavy atom. The standard InChI is InChI=1S/C18H25NO3/c1-3-5-6-9-13-21-17-14-18(20)19(22-12-4-2)16-11-8-7-10-15(16)17/h7-8,10-11,14H,3-6,9,12-13H2,1-2H3. The molecule has 4 nitrogen and oxygen atoms in total. The van der Waals surface area contributed by atoms with E-state index >= 15 is 0 Å². The average Bonchev–Trinajstić information content (AvgIpc) is 2.54. The molecule has 22 heavy (non-hydrogen) atoms. The summed E-state index contributed by atoms with van der Waals surface area (Å²) < 4.78 is 7.20. The van der Waals surface area contributed by atoms with Gasteiger partial charge in [0.05, 0.1) is 12.1 Å². The van der Waals surface area contributed by atoms with Crippen molar-refractivity contribution in [3.63, 3.8) is 0 Å². The van der Waals surface area contributed by atoms with Crippen LogP contribution in [0, 0.1) is 0 Å². The zero-order chi connectivity index (χ0) is 15.8. The fourth-order valence-corrected chi connectivity index (χ4v) is 2.37. The van der Waals surface area contributed by atoms with E-state index in [4.69, 9.17) is 9.57 Å². The lowest BCUT2D eigenvalue weighted by molar-refractivity contribution is 0.112. The van der Waals surface area contributed by atoms with Crippen LogP contribution in [0.5, 0.6) is 5.75 Å². The number of rotatable bonds is 9. The summed E-state index contributed by atoms with van der Waals surface area (Å²) in [6, 6.07) is 9.22. The van der Waals surface area contributed by atoms with E-state index in [-0.39, 0.29) is 5.56 Å². The molecule has 2 rings (SSSR count). The van der Waals surface area contributed by atoms with Crippen molar-refractivity contribution in [2.75, 3.05) is 13.2 Å². The van der Waals surface area contributed by atoms with Crippen LogP contribution in [0.2, 0.25) is 0 Å². The second kappa shape index (κ2) is 8.47. The van der Waals surface area contributed by atoms with E-state index in [1.165, 1.54) is 23.6 Å². The van der Waals surface area contributed by atoms with Gasteiger partial charge < -0.3 is 9.57 Å². The molecule has 1 aromatic heterocycles. The van der Waals surface area contributed by atoms with Crippen LogP contribution in [0.1, 0.15) is 46.0 Å². The van der Waals surface area contributed by atoms with Crippen LogP contribution in [-0.4, -0.2) is 17.9 Å². The molecular weight excluding hydrogens is 278 g/mol. The number of pyridine rings is 1. The van der Waals surface area contributed by atoms with Crippen molar-refractivity contribution in [2.24, 2.45) is 0 Å². The lowest BCUT2D eigenvalue weighted by Gasteiger charge is -2.14. The normalized spacial score (nSPS) is 10.8. The summed E-state index contributed by atoms with van der Waals surface area (Å²) in [4.78, 5) is 17.8. The molecule has 0 saturated heterocycles. The molecule has 2 aromatic rings. The smallest absolute Gasteiger partial charge is 0.287 e. The third-order valence-electron chi connectivity index (χ3n) is 3.52. The van der Waals surface area contributed by atoms with Crippen molar-refractivity contribution in [3.05, 3.63) is 40.7 Å². The molecule has 0 radical (unpaired) electrons. The van der Waals surface area contributed by atoms with Crippen LogP contribution in [0.15, 0.2) is 35.1 Å². The molecule has 0 unspecified atom stereocenters. The van der Waals surface area contributed by atoms with Crippen molar-refractivity contribution < 1.29 is 9.57 Å². The second-order valence-corrected chi connectivity index (χ2v) is 5.40. The van der Waals surface area contributed by atoms with Gasteiger partial charge >= 0.3 is 0 Å². The van der Waals surface area contributed by atoms with Crippen molar-refractivity contribution in [1.82, 2.24) is 4.73 Å². The highest BCUT2D eigenvalue weighted by molar-refractivity contribution is 5.85. The van der Waals surface area contributed by atoms with Gasteiger partial charge in [-0.3, -0.25) is 4.79 Å². The van der Waals surface area contributed by atoms with Crippen molar-refractivity contribution in [1.29, 1.82) is 0 Å². The molecule has 0 N–H and O–H groups in total. The summed E-state index contributed by atoms with van der Waals surface area (Å²) in [6.07, 6.45) is 5.45. The minimum atomic E-state index is -0.185. The van der Waals surface area contributed by atoms with Crippen LogP contribution < -0.4 is 15.1 Å². The largest absolute Gasteiger partial charge is 0.493 e. The minimum absolute atomic E-state index is 0.185. The maximum atomic E-state index is 12.3. The number of benzene rings is 1. The molecule has 1 aromatic carbocycles. The van der Waals surface area contributed by atoms with Gasteiger partial charge in [-0.15, -0.1) is 4.73 Å². The quantitative estimate of drug-likeness (QED) is 0.662. The fourth-order valence-electron chi connectivity index (χ4n) is 2.37. The number of aromatic nitrogens is 1. The number of ether oxygens (including phenoxy) is 1. The van der Waals surface area contributed by atoms with Gasteiger partial charge in [-0.05, 0) is 25.0 Å². The summed E-state index contributed by atoms with van der Waals surface area (Å²) in [5.74, 6) is 0.647. The first-order chi connectivity index (χ1) is 10.8. The molecule has 0 amide bonds. The minimum Gasteiger partial charge on any atom is -0.493 e. The molecule has 0 aliphatic carbocycles. The monoisotopic (exact) mass is 303 g/mol. The van der Waals surface area contributed by atoms with Gasteiger partial charge in [0.2, 0.25) is 0 Å². The molecule has 0 fully saturated rings. The Morgan fingerprint density at radius 1 is 1.00 bits per heavy atom. The molecular formula is C18H25NO3. The predicted octanol–water partition coefficient (Wildman–Crippen LogP) is 3.80. The van der Waals surface area contributed by atoms with Gasteiger partial charge in [0.15, 0.2) is 0 Å². The van der Waals surface area contributed by atoms with Crippen LogP contribution in [-0.2, 0) is 0 Å². The highest BCUT2D eigenvalue weighted by atomic mass is 16.7. The maximum Gasteiger partial charge on any atom is 0.287 e. The van der Waals surface area contributed by atoms with Gasteiger partial charge in [0.25, 0.3) is 5.56 Å². The van der Waals surface area contributed by atoms with Crippen LogP contribution in [0.4, 0.5) is 0 Å². The van der Waals surface area contributed by atoms with E-state index in [2.05, 4.69) is 6.92 Å². The number of hydrogen-bond acceptors (Lipinski definition) is 3. The number of fused-ring (bicyclic) bond motifs is 1. The molecule has 0 bridgehead atoms. The molecule has 0 aliphatic heterocycles. The number of nitrogens with zero attached hydrogens (tertiary/aromatic N) is 1. The van der Waals surface area contributed by atoms with Crippen LogP contribution in [0.25, 0.3) is 10.9 Å². The van der Waals surface area contributed by atoms with Gasteiger partial charge in [0, 0.05) is 11.5 Å². The van der Waals surface area contributed by atoms with E-state index in [1.807, 2.05) is 31.2 Å². The number of hydrogen-bond donors (Lipinski definition) is 0. The zero-order valence-electron chi connectivity index (χ0n) is 13.5. The van der Waals surface area contributed by atoms with Crippen molar-refractivity contribution in [2.45, 2.75) is 46.0 Å². The summed E-state index contributed by atoms with van der Waals surface area (Å²) in [5, 5.41) is 0.911. The second-order valence-electron chi connectivity index (χ2n) is 5.40. The molecule has 4 heteroatoms. The summed E-state index contributed by atoms with van der Waals surface area (Å²) in [7, 11) is 0. The lowest BCUT2D eigenvalue weighted by Crippen LogP contribution is -2.27. The maximum absolute atomic E-state index is 12.3. The fraction of sp³-hybridized carbons (Fsp3) is 0.500. The van der Waals surface area contributed by atoms with Crippen molar-refractivity contribution in [3.8, 4) is 5.75 Å². The van der Waals surface area contributed by atoms with E-state index in [0.29, 0.717) is 19.0 Å². The van der Waals surface area contributed by atoms with E-state index in [1.54, 1.807) is 0 Å². The van der Waals surface area contributed by atoms with Crippen LogP contribution >= 0.6 is 0 Å². The van der Waals surface area contributed by atoms with Crippen molar-refractivity contribution >= 4 is 10.9 Å². The first-order valence-electron chi connectivity index (χ1n) is 8.18. The van der Waals surface area contributed by atoms with Gasteiger partial charge in [0.1, 0.15) is 12.4 Å². The zero-order valence-corrected chi connectivity index (χ0v) is 13.5. The lowest BCUT2D eigenvalue weighted by atomic mass is 10.2. The highest BCUT2D eigenvalue weighted by Crippen LogP contribution is 2.23. The van der Waals surface area contributed by atoms with E-state index in [9.17, 15) is 4.79 Å². The molecule has 0 spiro atoms. The number of unbranched alkanes of at least 4 members (excludes halogenated alkanes) is 3. The number of para-hydroxylation sites is 1. The van der Waals surface area contributed by atoms with Gasteiger partial charge in [-0.2, -0.15) is 0 Å². The van der Waals surface area contributed by atoms with Gasteiger partial charge in [-0.1, -0.05) is 45.2 Å². The molecule has 120 valence electrons. The Bertz CT molecular complexity index is 648. The Balaban J connectivity index is 2.22. The van der Waals surface area contributed by atoms with Gasteiger partial charge in [-0.25, -0.2) is 0 Å². The average molecular weight is 303 g/mol. The summed E-state index contributed by atoms with van der Waals surface area (Å²) in [5.41, 5.74) is 0.572. The first kappa shape index (κ1) is 16.4. The molecule has 0 aliphatic rings. The third kappa shape index (κ3) is 4.03. The topological polar surface area (TPSA) is 40.5 Å². The summed E-state index contributed by atoms with van der Waals surface area (Å²) >= 11 is 0. The molecule has 1 heterocycles. The Morgan fingerprint density at radius 2 is 1.82 bits per heavy atom. The molecule has 0 atom stereocenters. The van der Waals surface area contributed by atoms with E-state index in [0.717, 1.165) is 30.2 Å². The molecule has 0 saturated carbocycles. The Kier molecular flexibility index (Phi) is 6.31. The first-order valence-corrected chi connectivity index (χ1v) is 8.18. The van der Waals surface area contributed by atoms with E-state index < -0.39 is 0 Å². The summed E-state index contributed by atoms with van der Waals surface area (Å²) in [6.45, 7) is 5.36. The predicted molar refractivity (Wildman–Crippen MR) is 89.6 cm³/mol. The third-order valence-corrected chi connectivity index (χ3v) is 3.52. The SMILES string of the molecule is CCCCCCOc1cc(=O)n(OCCC)c2ccccc12. The highest BCUT2D eigenvalue weighted by Gasteiger charge is 2.10. The van der Waals surface area contributed by atoms with Crippen LogP contribution in [0.3, 0.4) is 0 Å².